The van der Waals surface area contributed by atoms with Crippen LogP contribution in [0.25, 0.3) is 10.9 Å². The van der Waals surface area contributed by atoms with Crippen LogP contribution in [0.15, 0.2) is 23.1 Å². The fourth-order valence-electron chi connectivity index (χ4n) is 5.27. The lowest BCUT2D eigenvalue weighted by atomic mass is 9.83. The Balaban J connectivity index is 1.58. The third kappa shape index (κ3) is 4.03. The Morgan fingerprint density at radius 1 is 1.17 bits per heavy atom. The molecule has 0 radical (unpaired) electrons. The first-order chi connectivity index (χ1) is 17.2. The maximum Gasteiger partial charge on any atom is 0.511 e. The van der Waals surface area contributed by atoms with Crippen LogP contribution in [0.5, 0.6) is 5.75 Å². The molecule has 1 amide bonds. The molecule has 2 N–H and O–H groups in total. The molecule has 2 aliphatic carbocycles. The van der Waals surface area contributed by atoms with Gasteiger partial charge >= 0.3 is 12.2 Å². The van der Waals surface area contributed by atoms with Gasteiger partial charge in [-0.1, -0.05) is 12.2 Å². The normalized spacial score (nSPS) is 23.0. The minimum atomic E-state index is -1.80. The van der Waals surface area contributed by atoms with Crippen molar-refractivity contribution in [2.45, 2.75) is 38.3 Å². The number of alkyl carbamates (subject to hydrolysis) is 1. The monoisotopic (exact) mass is 507 g/mol. The number of benzene rings is 1. The number of hydrogen-bond acceptors (Lipinski definition) is 6. The van der Waals surface area contributed by atoms with Gasteiger partial charge in [0.1, 0.15) is 5.69 Å². The smallest absolute Gasteiger partial charge is 0.450 e. The number of fused-ring (bicyclic) bond motifs is 2. The van der Waals surface area contributed by atoms with Gasteiger partial charge in [0, 0.05) is 37.0 Å². The van der Waals surface area contributed by atoms with E-state index in [9.17, 15) is 14.4 Å². The molecule has 2 fully saturated rings. The van der Waals surface area contributed by atoms with Crippen molar-refractivity contribution in [3.63, 3.8) is 0 Å². The van der Waals surface area contributed by atoms with Crippen molar-refractivity contribution in [2.24, 2.45) is 11.8 Å². The number of pyridine rings is 1. The summed E-state index contributed by atoms with van der Waals surface area (Å²) in [7, 11) is 0. The molecule has 3 unspecified atom stereocenters. The first kappa shape index (κ1) is 24.0. The summed E-state index contributed by atoms with van der Waals surface area (Å²) in [4.78, 5) is 37.1. The Hall–Kier alpha value is -3.70. The van der Waals surface area contributed by atoms with E-state index in [1.807, 2.05) is 12.2 Å². The zero-order chi connectivity index (χ0) is 25.7. The third-order valence-corrected chi connectivity index (χ3v) is 6.97. The second-order valence-electron chi connectivity index (χ2n) is 9.21. The lowest BCUT2D eigenvalue weighted by Crippen LogP contribution is -2.44. The summed E-state index contributed by atoms with van der Waals surface area (Å²) >= 11 is 0. The molecular formula is C24H24F3N3O6. The molecule has 3 aliphatic rings. The van der Waals surface area contributed by atoms with Crippen molar-refractivity contribution >= 4 is 28.8 Å². The van der Waals surface area contributed by atoms with Crippen molar-refractivity contribution in [2.75, 3.05) is 24.6 Å². The van der Waals surface area contributed by atoms with Crippen LogP contribution in [0.3, 0.4) is 0 Å². The predicted octanol–water partition coefficient (Wildman–Crippen LogP) is 3.94. The Labute approximate surface area is 203 Å². The number of nitrogens with one attached hydrogen (secondary N) is 1. The van der Waals surface area contributed by atoms with Crippen LogP contribution in [-0.2, 0) is 4.74 Å². The number of aromatic nitrogens is 1. The van der Waals surface area contributed by atoms with E-state index in [4.69, 9.17) is 9.84 Å². The van der Waals surface area contributed by atoms with E-state index >= 15 is 13.2 Å². The van der Waals surface area contributed by atoms with Gasteiger partial charge in [0.15, 0.2) is 23.2 Å². The Morgan fingerprint density at radius 2 is 1.92 bits per heavy atom. The van der Waals surface area contributed by atoms with Gasteiger partial charge in [0.05, 0.1) is 23.7 Å². The van der Waals surface area contributed by atoms with Gasteiger partial charge < -0.3 is 29.4 Å². The summed E-state index contributed by atoms with van der Waals surface area (Å²) in [5.74, 6) is -5.29. The van der Waals surface area contributed by atoms with Gasteiger partial charge in [-0.05, 0) is 26.2 Å². The number of nitrogens with zero attached hydrogens (tertiary/aromatic N) is 2. The maximum atomic E-state index is 16.0. The average molecular weight is 507 g/mol. The van der Waals surface area contributed by atoms with Gasteiger partial charge in [0.25, 0.3) is 0 Å². The van der Waals surface area contributed by atoms with Crippen LogP contribution in [-0.4, -0.2) is 47.7 Å². The lowest BCUT2D eigenvalue weighted by Gasteiger charge is -2.29. The van der Waals surface area contributed by atoms with E-state index in [0.29, 0.717) is 19.3 Å². The average Bonchev–Trinajstić information content (AvgIpc) is 3.57. The molecule has 36 heavy (non-hydrogen) atoms. The van der Waals surface area contributed by atoms with Crippen molar-refractivity contribution in [3.05, 3.63) is 46.0 Å². The molecule has 9 nitrogen and oxygen atoms in total. The molecule has 1 saturated carbocycles. The van der Waals surface area contributed by atoms with E-state index in [1.165, 1.54) is 9.47 Å². The van der Waals surface area contributed by atoms with Crippen molar-refractivity contribution in [1.82, 2.24) is 9.88 Å². The quantitative estimate of drug-likeness (QED) is 0.358. The van der Waals surface area contributed by atoms with Crippen LogP contribution in [0.1, 0.15) is 32.2 Å². The SMILES string of the molecule is CCOC(=O)NC1CC=CC2CN(c3c(F)c(F)c4c(=O)c(OC(=O)O)cn(C5CC5)c4c3F)CC21. The first-order valence-electron chi connectivity index (χ1n) is 11.7. The molecule has 1 aliphatic heterocycles. The zero-order valence-electron chi connectivity index (χ0n) is 19.3. The lowest BCUT2D eigenvalue weighted by molar-refractivity contribution is 0.141. The largest absolute Gasteiger partial charge is 0.511 e. The minimum Gasteiger partial charge on any atom is -0.450 e. The molecule has 5 rings (SSSR count). The third-order valence-electron chi connectivity index (χ3n) is 6.97. The second kappa shape index (κ2) is 9.07. The number of halogens is 3. The molecule has 1 aromatic carbocycles. The summed E-state index contributed by atoms with van der Waals surface area (Å²) in [5.41, 5.74) is -2.28. The summed E-state index contributed by atoms with van der Waals surface area (Å²) in [6.07, 6.45) is 4.14. The fraction of sp³-hybridized carbons (Fsp3) is 0.458. The van der Waals surface area contributed by atoms with Gasteiger partial charge in [0.2, 0.25) is 5.43 Å². The number of carbonyl (C=O) groups is 2. The summed E-state index contributed by atoms with van der Waals surface area (Å²) in [6.45, 7) is 2.19. The zero-order valence-corrected chi connectivity index (χ0v) is 19.3. The Morgan fingerprint density at radius 3 is 2.58 bits per heavy atom. The molecular weight excluding hydrogens is 483 g/mol. The summed E-state index contributed by atoms with van der Waals surface area (Å²) < 4.78 is 57.4. The maximum absolute atomic E-state index is 16.0. The number of ether oxygens (including phenoxy) is 2. The summed E-state index contributed by atoms with van der Waals surface area (Å²) in [5, 5.41) is 10.8. The fourth-order valence-corrected chi connectivity index (χ4v) is 5.27. The standard InChI is InChI=1S/C24H24F3N3O6/c1-2-35-23(32)28-14-5-3-4-11-8-29(9-13(11)14)21-18(26)17(25)16-20(19(21)27)30(12-6-7-12)10-15(22(16)31)36-24(33)34/h3-4,10-14H,2,5-9H2,1H3,(H,28,32)(H,33,34). The van der Waals surface area contributed by atoms with Crippen LogP contribution in [0.4, 0.5) is 28.4 Å². The van der Waals surface area contributed by atoms with E-state index in [2.05, 4.69) is 10.1 Å². The highest BCUT2D eigenvalue weighted by atomic mass is 19.2. The topological polar surface area (TPSA) is 110 Å². The molecule has 0 spiro atoms. The number of anilines is 1. The predicted molar refractivity (Wildman–Crippen MR) is 122 cm³/mol. The van der Waals surface area contributed by atoms with Crippen LogP contribution < -0.4 is 20.4 Å². The Bertz CT molecular complexity index is 1340. The molecule has 0 bridgehead atoms. The summed E-state index contributed by atoms with van der Waals surface area (Å²) in [6, 6.07) is -0.639. The highest BCUT2D eigenvalue weighted by Crippen LogP contribution is 2.43. The van der Waals surface area contributed by atoms with E-state index in [-0.39, 0.29) is 43.6 Å². The van der Waals surface area contributed by atoms with E-state index in [1.54, 1.807) is 6.92 Å². The van der Waals surface area contributed by atoms with E-state index < -0.39 is 57.5 Å². The Kier molecular flexibility index (Phi) is 6.05. The first-order valence-corrected chi connectivity index (χ1v) is 11.7. The van der Waals surface area contributed by atoms with Crippen LogP contribution in [0.2, 0.25) is 0 Å². The highest BCUT2D eigenvalue weighted by Gasteiger charge is 2.42. The number of carboxylic acid groups (broad SMARTS) is 1. The second-order valence-corrected chi connectivity index (χ2v) is 9.21. The molecule has 1 saturated heterocycles. The number of carbonyl (C=O) groups excluding carboxylic acids is 1. The molecule has 1 aromatic heterocycles. The van der Waals surface area contributed by atoms with Crippen LogP contribution >= 0.6 is 0 Å². The van der Waals surface area contributed by atoms with Gasteiger partial charge in [-0.15, -0.1) is 0 Å². The van der Waals surface area contributed by atoms with Gasteiger partial charge in [-0.2, -0.15) is 0 Å². The van der Waals surface area contributed by atoms with Crippen molar-refractivity contribution < 1.29 is 37.3 Å². The highest BCUT2D eigenvalue weighted by molar-refractivity contribution is 5.87. The molecule has 2 heterocycles. The molecule has 2 aromatic rings. The van der Waals surface area contributed by atoms with Crippen LogP contribution in [0, 0.1) is 29.3 Å². The van der Waals surface area contributed by atoms with Crippen molar-refractivity contribution in [1.29, 1.82) is 0 Å². The molecule has 192 valence electrons. The number of rotatable bonds is 5. The van der Waals surface area contributed by atoms with Crippen molar-refractivity contribution in [3.8, 4) is 5.75 Å². The van der Waals surface area contributed by atoms with Gasteiger partial charge in [-0.3, -0.25) is 4.79 Å². The molecule has 12 heteroatoms. The van der Waals surface area contributed by atoms with Gasteiger partial charge in [-0.25, -0.2) is 22.8 Å². The minimum absolute atomic E-state index is 0.138. The van der Waals surface area contributed by atoms with E-state index in [0.717, 1.165) is 6.20 Å². The number of amides is 1. The number of hydrogen-bond donors (Lipinski definition) is 2. The molecule has 3 atom stereocenters.